The number of aliphatic hydroxyl groups is 1. The summed E-state index contributed by atoms with van der Waals surface area (Å²) in [4.78, 5) is 10.8. The fraction of sp³-hybridized carbons (Fsp3) is 0.889. The molecule has 0 radical (unpaired) electrons. The molecule has 0 saturated heterocycles. The van der Waals surface area contributed by atoms with Crippen molar-refractivity contribution in [2.45, 2.75) is 31.8 Å². The molecular weight excluding hydrogens is 156 g/mol. The lowest BCUT2D eigenvalue weighted by Crippen LogP contribution is -2.25. The molecule has 0 aromatic carbocycles. The molecule has 3 unspecified atom stereocenters. The zero-order valence-electron chi connectivity index (χ0n) is 7.03. The highest BCUT2D eigenvalue weighted by Gasteiger charge is 2.41. The van der Waals surface area contributed by atoms with E-state index in [1.54, 1.807) is 0 Å². The summed E-state index contributed by atoms with van der Waals surface area (Å²) in [6.07, 6.45) is 4.87. The highest BCUT2D eigenvalue weighted by molar-refractivity contribution is 5.70. The number of fused-ring (bicyclic) bond motifs is 2. The molecule has 0 aromatic heterocycles. The van der Waals surface area contributed by atoms with E-state index in [1.807, 2.05) is 0 Å². The number of carbonyl (C=O) groups excluding carboxylic acids is 1. The van der Waals surface area contributed by atoms with Gasteiger partial charge < -0.3 is 9.84 Å². The molecule has 68 valence electrons. The molecule has 2 fully saturated rings. The zero-order chi connectivity index (χ0) is 8.55. The summed E-state index contributed by atoms with van der Waals surface area (Å²) in [6.45, 7) is -0.478. The Morgan fingerprint density at radius 3 is 2.75 bits per heavy atom. The minimum absolute atomic E-state index is 0.114. The largest absolute Gasteiger partial charge is 0.460 e. The van der Waals surface area contributed by atoms with Gasteiger partial charge in [-0.25, -0.2) is 4.79 Å². The Kier molecular flexibility index (Phi) is 2.05. The number of esters is 1. The maximum atomic E-state index is 10.8. The normalized spacial score (nSPS) is 38.6. The summed E-state index contributed by atoms with van der Waals surface area (Å²) < 4.78 is 5.11. The van der Waals surface area contributed by atoms with Crippen LogP contribution in [0, 0.1) is 11.8 Å². The van der Waals surface area contributed by atoms with Gasteiger partial charge in [-0.15, -0.1) is 0 Å². The van der Waals surface area contributed by atoms with Crippen LogP contribution in [0.2, 0.25) is 0 Å². The van der Waals surface area contributed by atoms with Crippen LogP contribution in [0.25, 0.3) is 0 Å². The Hall–Kier alpha value is -0.570. The highest BCUT2D eigenvalue weighted by atomic mass is 16.6. The molecule has 3 nitrogen and oxygen atoms in total. The Labute approximate surface area is 71.7 Å². The molecule has 0 spiro atoms. The van der Waals surface area contributed by atoms with Gasteiger partial charge in [0, 0.05) is 0 Å². The van der Waals surface area contributed by atoms with Crippen LogP contribution in [-0.2, 0) is 9.53 Å². The van der Waals surface area contributed by atoms with Gasteiger partial charge in [-0.3, -0.25) is 0 Å². The van der Waals surface area contributed by atoms with Crippen molar-refractivity contribution in [3.8, 4) is 0 Å². The van der Waals surface area contributed by atoms with Crippen molar-refractivity contribution in [1.82, 2.24) is 0 Å². The van der Waals surface area contributed by atoms with Gasteiger partial charge in [0.25, 0.3) is 0 Å². The first kappa shape index (κ1) is 8.05. The van der Waals surface area contributed by atoms with Gasteiger partial charge in [-0.05, 0) is 37.5 Å². The second-order valence-corrected chi connectivity index (χ2v) is 3.86. The molecule has 0 aromatic rings. The van der Waals surface area contributed by atoms with E-state index in [-0.39, 0.29) is 6.10 Å². The third-order valence-electron chi connectivity index (χ3n) is 3.09. The lowest BCUT2D eigenvalue weighted by atomic mass is 9.98. The molecule has 3 heteroatoms. The van der Waals surface area contributed by atoms with Crippen LogP contribution in [0.3, 0.4) is 0 Å². The Morgan fingerprint density at radius 2 is 2.25 bits per heavy atom. The SMILES string of the molecule is O=C(CO)OC1CC2CCC1C2. The summed E-state index contributed by atoms with van der Waals surface area (Å²) in [5.41, 5.74) is 0. The van der Waals surface area contributed by atoms with Gasteiger partial charge in [0.05, 0.1) is 0 Å². The van der Waals surface area contributed by atoms with Crippen molar-refractivity contribution in [1.29, 1.82) is 0 Å². The average molecular weight is 170 g/mol. The van der Waals surface area contributed by atoms with Crippen LogP contribution in [0.15, 0.2) is 0 Å². The lowest BCUT2D eigenvalue weighted by Gasteiger charge is -2.21. The molecule has 0 heterocycles. The van der Waals surface area contributed by atoms with Gasteiger partial charge in [0.15, 0.2) is 0 Å². The first-order valence-corrected chi connectivity index (χ1v) is 4.60. The van der Waals surface area contributed by atoms with Crippen molar-refractivity contribution in [2.75, 3.05) is 6.61 Å². The van der Waals surface area contributed by atoms with Crippen molar-refractivity contribution >= 4 is 5.97 Å². The van der Waals surface area contributed by atoms with Gasteiger partial charge in [-0.1, -0.05) is 0 Å². The molecule has 3 atom stereocenters. The quantitative estimate of drug-likeness (QED) is 0.621. The Morgan fingerprint density at radius 1 is 1.42 bits per heavy atom. The van der Waals surface area contributed by atoms with Gasteiger partial charge in [-0.2, -0.15) is 0 Å². The molecule has 2 aliphatic carbocycles. The van der Waals surface area contributed by atoms with E-state index in [0.29, 0.717) is 5.92 Å². The monoisotopic (exact) mass is 170 g/mol. The summed E-state index contributed by atoms with van der Waals surface area (Å²) in [5, 5.41) is 8.49. The molecule has 0 aliphatic heterocycles. The van der Waals surface area contributed by atoms with Crippen molar-refractivity contribution < 1.29 is 14.6 Å². The van der Waals surface area contributed by atoms with E-state index in [9.17, 15) is 4.79 Å². The maximum Gasteiger partial charge on any atom is 0.332 e. The third-order valence-corrected chi connectivity index (χ3v) is 3.09. The van der Waals surface area contributed by atoms with Crippen molar-refractivity contribution in [3.05, 3.63) is 0 Å². The van der Waals surface area contributed by atoms with Crippen molar-refractivity contribution in [3.63, 3.8) is 0 Å². The number of aliphatic hydroxyl groups excluding tert-OH is 1. The summed E-state index contributed by atoms with van der Waals surface area (Å²) in [5.74, 6) is 0.907. The molecule has 0 amide bonds. The standard InChI is InChI=1S/C9H14O3/c10-5-9(11)12-8-4-6-1-2-7(8)3-6/h6-8,10H,1-5H2. The molecule has 12 heavy (non-hydrogen) atoms. The molecular formula is C9H14O3. The maximum absolute atomic E-state index is 10.8. The molecule has 2 bridgehead atoms. The summed E-state index contributed by atoms with van der Waals surface area (Å²) >= 11 is 0. The topological polar surface area (TPSA) is 46.5 Å². The van der Waals surface area contributed by atoms with E-state index in [4.69, 9.17) is 9.84 Å². The van der Waals surface area contributed by atoms with Crippen LogP contribution in [0.4, 0.5) is 0 Å². The van der Waals surface area contributed by atoms with Gasteiger partial charge >= 0.3 is 5.97 Å². The van der Waals surface area contributed by atoms with Crippen LogP contribution >= 0.6 is 0 Å². The number of carbonyl (C=O) groups is 1. The van der Waals surface area contributed by atoms with Crippen LogP contribution in [0.5, 0.6) is 0 Å². The van der Waals surface area contributed by atoms with Crippen LogP contribution < -0.4 is 0 Å². The number of hydrogen-bond acceptors (Lipinski definition) is 3. The Bertz CT molecular complexity index is 190. The molecule has 2 saturated carbocycles. The summed E-state index contributed by atoms with van der Waals surface area (Å²) in [7, 11) is 0. The van der Waals surface area contributed by atoms with E-state index in [0.717, 1.165) is 12.3 Å². The second-order valence-electron chi connectivity index (χ2n) is 3.86. The van der Waals surface area contributed by atoms with E-state index < -0.39 is 12.6 Å². The Balaban J connectivity index is 1.86. The van der Waals surface area contributed by atoms with E-state index >= 15 is 0 Å². The van der Waals surface area contributed by atoms with Crippen molar-refractivity contribution in [2.24, 2.45) is 11.8 Å². The zero-order valence-corrected chi connectivity index (χ0v) is 7.03. The van der Waals surface area contributed by atoms with Gasteiger partial charge in [0.2, 0.25) is 0 Å². The first-order valence-electron chi connectivity index (χ1n) is 4.60. The summed E-state index contributed by atoms with van der Waals surface area (Å²) in [6, 6.07) is 0. The average Bonchev–Trinajstić information content (AvgIpc) is 2.64. The third kappa shape index (κ3) is 1.33. The number of hydrogen-bond donors (Lipinski definition) is 1. The predicted octanol–water partition coefficient (Wildman–Crippen LogP) is 0.710. The second kappa shape index (κ2) is 3.05. The number of rotatable bonds is 2. The highest BCUT2D eigenvalue weighted by Crippen LogP contribution is 2.45. The van der Waals surface area contributed by atoms with Gasteiger partial charge in [0.1, 0.15) is 12.7 Å². The molecule has 1 N–H and O–H groups in total. The van der Waals surface area contributed by atoms with E-state index in [2.05, 4.69) is 0 Å². The fourth-order valence-electron chi connectivity index (χ4n) is 2.54. The predicted molar refractivity (Wildman–Crippen MR) is 42.4 cm³/mol. The minimum atomic E-state index is -0.478. The smallest absolute Gasteiger partial charge is 0.332 e. The van der Waals surface area contributed by atoms with Crippen LogP contribution in [0.1, 0.15) is 25.7 Å². The minimum Gasteiger partial charge on any atom is -0.460 e. The van der Waals surface area contributed by atoms with E-state index in [1.165, 1.54) is 19.3 Å². The lowest BCUT2D eigenvalue weighted by molar-refractivity contribution is -0.154. The molecule has 2 aliphatic rings. The first-order chi connectivity index (χ1) is 5.79. The van der Waals surface area contributed by atoms with Crippen LogP contribution in [-0.4, -0.2) is 23.8 Å². The fourth-order valence-corrected chi connectivity index (χ4v) is 2.54. The number of ether oxygens (including phenoxy) is 1. The molecule has 2 rings (SSSR count).